The normalized spacial score (nSPS) is 9.93. The highest BCUT2D eigenvalue weighted by Gasteiger charge is 2.08. The van der Waals surface area contributed by atoms with Crippen LogP contribution in [0.3, 0.4) is 0 Å². The van der Waals surface area contributed by atoms with E-state index in [9.17, 15) is 4.91 Å². The van der Waals surface area contributed by atoms with Gasteiger partial charge in [0.15, 0.2) is 0 Å². The highest BCUT2D eigenvalue weighted by molar-refractivity contribution is 5.57. The van der Waals surface area contributed by atoms with Crippen molar-refractivity contribution in [3.8, 4) is 0 Å². The predicted molar refractivity (Wildman–Crippen MR) is 60.2 cm³/mol. The van der Waals surface area contributed by atoms with E-state index in [2.05, 4.69) is 17.8 Å². The molecule has 14 heavy (non-hydrogen) atoms. The molecule has 0 fully saturated rings. The molecule has 0 aliphatic rings. The number of nitrogens with zero attached hydrogens (tertiary/aromatic N) is 1. The van der Waals surface area contributed by atoms with Gasteiger partial charge < -0.3 is 0 Å². The van der Waals surface area contributed by atoms with Crippen LogP contribution in [-0.2, 0) is 6.54 Å². The van der Waals surface area contributed by atoms with Crippen LogP contribution in [0, 0.1) is 25.7 Å². The molecule has 1 aromatic carbocycles. The van der Waals surface area contributed by atoms with Crippen molar-refractivity contribution in [2.24, 2.45) is 5.18 Å². The van der Waals surface area contributed by atoms with Crippen LogP contribution in [0.1, 0.15) is 27.8 Å². The van der Waals surface area contributed by atoms with Gasteiger partial charge >= 0.3 is 0 Å². The van der Waals surface area contributed by atoms with E-state index in [0.717, 1.165) is 22.3 Å². The lowest BCUT2D eigenvalue weighted by atomic mass is 9.94. The Morgan fingerprint density at radius 3 is 2.50 bits per heavy atom. The summed E-state index contributed by atoms with van der Waals surface area (Å²) in [4.78, 5) is 10.3. The zero-order valence-corrected chi connectivity index (χ0v) is 8.92. The van der Waals surface area contributed by atoms with E-state index in [-0.39, 0.29) is 6.54 Å². The van der Waals surface area contributed by atoms with Crippen molar-refractivity contribution in [2.45, 2.75) is 27.3 Å². The SMILES string of the molecule is C=Cc1cc(C)c(C)c(CN=O)c1C. The average Bonchev–Trinajstić information content (AvgIpc) is 2.18. The van der Waals surface area contributed by atoms with Crippen LogP contribution >= 0.6 is 0 Å². The number of rotatable bonds is 3. The maximum Gasteiger partial charge on any atom is 0.107 e. The molecule has 74 valence electrons. The van der Waals surface area contributed by atoms with Gasteiger partial charge in [0, 0.05) is 0 Å². The molecule has 0 spiro atoms. The third-order valence-electron chi connectivity index (χ3n) is 2.74. The lowest BCUT2D eigenvalue weighted by molar-refractivity contribution is 1.00. The molecule has 0 radical (unpaired) electrons. The third kappa shape index (κ3) is 1.74. The smallest absolute Gasteiger partial charge is 0.107 e. The minimum absolute atomic E-state index is 0.250. The highest BCUT2D eigenvalue weighted by atomic mass is 16.3. The fourth-order valence-electron chi connectivity index (χ4n) is 1.66. The molecule has 0 bridgehead atoms. The minimum Gasteiger partial charge on any atom is -0.150 e. The molecular weight excluding hydrogens is 174 g/mol. The van der Waals surface area contributed by atoms with Crippen LogP contribution < -0.4 is 0 Å². The lowest BCUT2D eigenvalue weighted by Crippen LogP contribution is -1.97. The summed E-state index contributed by atoms with van der Waals surface area (Å²) >= 11 is 0. The third-order valence-corrected chi connectivity index (χ3v) is 2.74. The highest BCUT2D eigenvalue weighted by Crippen LogP contribution is 2.23. The molecule has 0 saturated carbocycles. The summed E-state index contributed by atoms with van der Waals surface area (Å²) < 4.78 is 0. The van der Waals surface area contributed by atoms with Gasteiger partial charge in [0.25, 0.3) is 0 Å². The monoisotopic (exact) mass is 189 g/mol. The summed E-state index contributed by atoms with van der Waals surface area (Å²) in [7, 11) is 0. The van der Waals surface area contributed by atoms with Gasteiger partial charge in [-0.3, -0.25) is 0 Å². The first kappa shape index (κ1) is 10.6. The molecular formula is C12H15NO. The summed E-state index contributed by atoms with van der Waals surface area (Å²) in [5, 5.41) is 2.96. The zero-order valence-electron chi connectivity index (χ0n) is 8.92. The Morgan fingerprint density at radius 1 is 1.36 bits per heavy atom. The standard InChI is InChI=1S/C12H15NO/c1-5-11-6-8(2)9(3)12(7-13-14)10(11)4/h5-6H,1,7H2,2-4H3. The van der Waals surface area contributed by atoms with Crippen molar-refractivity contribution in [3.05, 3.63) is 45.4 Å². The van der Waals surface area contributed by atoms with Crippen molar-refractivity contribution in [3.63, 3.8) is 0 Å². The lowest BCUT2D eigenvalue weighted by Gasteiger charge is -2.12. The van der Waals surface area contributed by atoms with Crippen molar-refractivity contribution < 1.29 is 0 Å². The second-order valence-corrected chi connectivity index (χ2v) is 3.50. The van der Waals surface area contributed by atoms with Gasteiger partial charge in [-0.2, -0.15) is 4.91 Å². The zero-order chi connectivity index (χ0) is 10.7. The van der Waals surface area contributed by atoms with Gasteiger partial charge in [-0.25, -0.2) is 0 Å². The molecule has 0 atom stereocenters. The van der Waals surface area contributed by atoms with Crippen molar-refractivity contribution >= 4 is 6.08 Å². The maximum atomic E-state index is 10.3. The molecule has 1 aromatic rings. The first-order chi connectivity index (χ1) is 6.61. The summed E-state index contributed by atoms with van der Waals surface area (Å²) in [5.41, 5.74) is 5.58. The van der Waals surface area contributed by atoms with E-state index in [1.165, 1.54) is 5.56 Å². The Bertz CT molecular complexity index is 380. The Kier molecular flexibility index (Phi) is 3.18. The first-order valence-electron chi connectivity index (χ1n) is 4.63. The van der Waals surface area contributed by atoms with E-state index >= 15 is 0 Å². The van der Waals surface area contributed by atoms with Gasteiger partial charge in [-0.05, 0) is 48.6 Å². The van der Waals surface area contributed by atoms with Crippen LogP contribution in [0.25, 0.3) is 6.08 Å². The van der Waals surface area contributed by atoms with Crippen LogP contribution in [0.15, 0.2) is 17.8 Å². The Labute approximate surface area is 84.6 Å². The number of nitroso groups, excluding NO2 is 1. The van der Waals surface area contributed by atoms with Crippen LogP contribution in [0.5, 0.6) is 0 Å². The van der Waals surface area contributed by atoms with E-state index in [0.29, 0.717) is 0 Å². The molecule has 0 amide bonds. The van der Waals surface area contributed by atoms with Gasteiger partial charge in [-0.1, -0.05) is 23.9 Å². The van der Waals surface area contributed by atoms with Gasteiger partial charge in [0.2, 0.25) is 0 Å². The molecule has 0 unspecified atom stereocenters. The van der Waals surface area contributed by atoms with E-state index in [1.807, 2.05) is 26.8 Å². The summed E-state index contributed by atoms with van der Waals surface area (Å²) in [6.07, 6.45) is 1.82. The number of aryl methyl sites for hydroxylation is 1. The van der Waals surface area contributed by atoms with Crippen molar-refractivity contribution in [1.82, 2.24) is 0 Å². The predicted octanol–water partition coefficient (Wildman–Crippen LogP) is 3.52. The second kappa shape index (κ2) is 4.18. The van der Waals surface area contributed by atoms with Gasteiger partial charge in [0.1, 0.15) is 6.54 Å². The second-order valence-electron chi connectivity index (χ2n) is 3.50. The minimum atomic E-state index is 0.250. The molecule has 0 aromatic heterocycles. The molecule has 0 heterocycles. The molecule has 1 rings (SSSR count). The van der Waals surface area contributed by atoms with Crippen LogP contribution in [0.4, 0.5) is 0 Å². The average molecular weight is 189 g/mol. The maximum absolute atomic E-state index is 10.3. The fourth-order valence-corrected chi connectivity index (χ4v) is 1.66. The molecule has 2 heteroatoms. The molecule has 0 N–H and O–H groups in total. The van der Waals surface area contributed by atoms with Crippen LogP contribution in [0.2, 0.25) is 0 Å². The van der Waals surface area contributed by atoms with Crippen molar-refractivity contribution in [2.75, 3.05) is 0 Å². The fraction of sp³-hybridized carbons (Fsp3) is 0.333. The molecule has 0 aliphatic carbocycles. The van der Waals surface area contributed by atoms with Gasteiger partial charge in [-0.15, -0.1) is 0 Å². The summed E-state index contributed by atoms with van der Waals surface area (Å²) in [6.45, 7) is 10.1. The number of hydrogen-bond donors (Lipinski definition) is 0. The van der Waals surface area contributed by atoms with E-state index in [1.54, 1.807) is 0 Å². The number of hydrogen-bond acceptors (Lipinski definition) is 2. The Balaban J connectivity index is 3.43. The topological polar surface area (TPSA) is 29.4 Å². The summed E-state index contributed by atoms with van der Waals surface area (Å²) in [5.74, 6) is 0. The van der Waals surface area contributed by atoms with E-state index in [4.69, 9.17) is 0 Å². The Morgan fingerprint density at radius 2 is 2.00 bits per heavy atom. The van der Waals surface area contributed by atoms with Crippen LogP contribution in [-0.4, -0.2) is 0 Å². The summed E-state index contributed by atoms with van der Waals surface area (Å²) in [6, 6.07) is 2.09. The van der Waals surface area contributed by atoms with Gasteiger partial charge in [0.05, 0.1) is 0 Å². The Hall–Kier alpha value is -1.44. The largest absolute Gasteiger partial charge is 0.150 e. The van der Waals surface area contributed by atoms with E-state index < -0.39 is 0 Å². The molecule has 2 nitrogen and oxygen atoms in total. The number of benzene rings is 1. The van der Waals surface area contributed by atoms with Crippen molar-refractivity contribution in [1.29, 1.82) is 0 Å². The quantitative estimate of drug-likeness (QED) is 0.669. The first-order valence-corrected chi connectivity index (χ1v) is 4.63. The molecule has 0 aliphatic heterocycles. The molecule has 0 saturated heterocycles.